The fourth-order valence-electron chi connectivity index (χ4n) is 3.68. The van der Waals surface area contributed by atoms with Crippen molar-refractivity contribution in [3.8, 4) is 0 Å². The number of halogens is 2. The maximum atomic E-state index is 13.5. The minimum Gasteiger partial charge on any atom is -0.467 e. The Balaban J connectivity index is 1.54. The highest BCUT2D eigenvalue weighted by atomic mass is 35.5. The van der Waals surface area contributed by atoms with E-state index in [1.165, 1.54) is 0 Å². The lowest BCUT2D eigenvalue weighted by molar-refractivity contribution is -0.129. The van der Waals surface area contributed by atoms with E-state index >= 15 is 0 Å². The third kappa shape index (κ3) is 6.32. The first-order valence-corrected chi connectivity index (χ1v) is 11.8. The quantitative estimate of drug-likeness (QED) is 0.269. The van der Waals surface area contributed by atoms with Gasteiger partial charge in [0.2, 0.25) is 5.91 Å². The summed E-state index contributed by atoms with van der Waals surface area (Å²) in [5.41, 5.74) is 2.89. The molecule has 0 aliphatic carbocycles. The molecule has 178 valence electrons. The van der Waals surface area contributed by atoms with Crippen LogP contribution < -0.4 is 4.90 Å². The summed E-state index contributed by atoms with van der Waals surface area (Å²) in [6.07, 6.45) is 1.83. The van der Waals surface area contributed by atoms with Crippen molar-refractivity contribution in [3.05, 3.63) is 124 Å². The maximum absolute atomic E-state index is 13.5. The van der Waals surface area contributed by atoms with E-state index < -0.39 is 0 Å². The maximum Gasteiger partial charge on any atom is 0.260 e. The van der Waals surface area contributed by atoms with Crippen molar-refractivity contribution in [2.24, 2.45) is 0 Å². The van der Waals surface area contributed by atoms with Crippen LogP contribution in [0.15, 0.2) is 95.6 Å². The second-order valence-electron chi connectivity index (χ2n) is 8.17. The molecule has 0 saturated carbocycles. The van der Waals surface area contributed by atoms with Gasteiger partial charge in [0, 0.05) is 17.8 Å². The zero-order chi connectivity index (χ0) is 24.8. The Hall–Kier alpha value is -3.54. The van der Waals surface area contributed by atoms with E-state index in [-0.39, 0.29) is 18.2 Å². The van der Waals surface area contributed by atoms with Crippen molar-refractivity contribution in [2.45, 2.75) is 19.5 Å². The van der Waals surface area contributed by atoms with E-state index in [0.717, 1.165) is 16.9 Å². The number of anilines is 1. The number of hydrogen-bond donors (Lipinski definition) is 0. The smallest absolute Gasteiger partial charge is 0.260 e. The van der Waals surface area contributed by atoms with Gasteiger partial charge in [-0.1, -0.05) is 65.7 Å². The Bertz CT molecular complexity index is 1290. The van der Waals surface area contributed by atoms with Gasteiger partial charge in [-0.25, -0.2) is 0 Å². The number of furan rings is 1. The second kappa shape index (κ2) is 11.3. The summed E-state index contributed by atoms with van der Waals surface area (Å²) in [5, 5.41) is 0.759. The lowest BCUT2D eigenvalue weighted by Gasteiger charge is -2.24. The van der Waals surface area contributed by atoms with Gasteiger partial charge < -0.3 is 14.2 Å². The Morgan fingerprint density at radius 1 is 0.829 bits per heavy atom. The molecule has 0 N–H and O–H groups in total. The molecule has 0 spiro atoms. The van der Waals surface area contributed by atoms with Gasteiger partial charge in [-0.3, -0.25) is 9.59 Å². The molecule has 0 aliphatic rings. The van der Waals surface area contributed by atoms with E-state index in [1.54, 1.807) is 47.4 Å². The van der Waals surface area contributed by atoms with Crippen molar-refractivity contribution in [2.75, 3.05) is 11.9 Å². The van der Waals surface area contributed by atoms with Crippen molar-refractivity contribution < 1.29 is 14.0 Å². The van der Waals surface area contributed by atoms with Crippen molar-refractivity contribution >= 4 is 40.7 Å². The van der Waals surface area contributed by atoms with E-state index in [1.807, 2.05) is 60.7 Å². The fraction of sp³-hybridized carbons (Fsp3) is 0.143. The van der Waals surface area contributed by atoms with Gasteiger partial charge in [0.25, 0.3) is 5.91 Å². The molecular weight excluding hydrogens is 483 g/mol. The Labute approximate surface area is 214 Å². The van der Waals surface area contributed by atoms with Crippen LogP contribution >= 0.6 is 23.2 Å². The Kier molecular flexibility index (Phi) is 7.91. The average Bonchev–Trinajstić information content (AvgIpc) is 3.36. The largest absolute Gasteiger partial charge is 0.467 e. The predicted molar refractivity (Wildman–Crippen MR) is 139 cm³/mol. The van der Waals surface area contributed by atoms with Gasteiger partial charge in [0.15, 0.2) is 0 Å². The molecule has 0 radical (unpaired) electrons. The number of carbonyl (C=O) groups is 2. The number of rotatable bonds is 8. The molecule has 0 fully saturated rings. The Morgan fingerprint density at radius 3 is 2.23 bits per heavy atom. The zero-order valence-corrected chi connectivity index (χ0v) is 20.7. The normalized spacial score (nSPS) is 10.7. The number of benzene rings is 3. The monoisotopic (exact) mass is 506 g/mol. The lowest BCUT2D eigenvalue weighted by atomic mass is 10.1. The topological polar surface area (TPSA) is 53.8 Å². The Morgan fingerprint density at radius 2 is 1.57 bits per heavy atom. The third-order valence-electron chi connectivity index (χ3n) is 5.59. The van der Waals surface area contributed by atoms with Gasteiger partial charge in [-0.15, -0.1) is 0 Å². The summed E-state index contributed by atoms with van der Waals surface area (Å²) in [6.45, 7) is 0.772. The molecule has 1 aromatic heterocycles. The van der Waals surface area contributed by atoms with Gasteiger partial charge >= 0.3 is 0 Å². The number of nitrogens with zero attached hydrogens (tertiary/aromatic N) is 2. The van der Waals surface area contributed by atoms with Crippen LogP contribution in [0.25, 0.3) is 0 Å². The standard InChI is InChI=1S/C28H24Cl2N2O3/c1-31(19-24-8-5-15-35-24)27(33)16-20-9-12-23(13-10-20)32(18-21-6-3-2-4-7-21)28(34)25-14-11-22(29)17-26(25)30/h2-15,17H,16,18-19H2,1H3. The highest BCUT2D eigenvalue weighted by Crippen LogP contribution is 2.26. The first kappa shape index (κ1) is 24.6. The first-order chi connectivity index (χ1) is 16.9. The summed E-state index contributed by atoms with van der Waals surface area (Å²) in [6, 6.07) is 25.6. The van der Waals surface area contributed by atoms with Crippen LogP contribution in [0.1, 0.15) is 27.2 Å². The highest BCUT2D eigenvalue weighted by Gasteiger charge is 2.21. The lowest BCUT2D eigenvalue weighted by Crippen LogP contribution is -2.30. The molecule has 0 saturated heterocycles. The third-order valence-corrected chi connectivity index (χ3v) is 6.14. The number of likely N-dealkylation sites (N-methyl/N-ethyl adjacent to an activating group) is 1. The van der Waals surface area contributed by atoms with E-state index in [4.69, 9.17) is 27.6 Å². The van der Waals surface area contributed by atoms with Crippen molar-refractivity contribution in [1.29, 1.82) is 0 Å². The molecule has 0 atom stereocenters. The van der Waals surface area contributed by atoms with Gasteiger partial charge in [0.05, 0.1) is 36.4 Å². The predicted octanol–water partition coefficient (Wildman–Crippen LogP) is 6.63. The summed E-state index contributed by atoms with van der Waals surface area (Å²) < 4.78 is 5.32. The van der Waals surface area contributed by atoms with Gasteiger partial charge in [0.1, 0.15) is 5.76 Å². The molecule has 0 bridgehead atoms. The molecular formula is C28H24Cl2N2O3. The minimum absolute atomic E-state index is 0.0284. The highest BCUT2D eigenvalue weighted by molar-refractivity contribution is 6.37. The molecule has 35 heavy (non-hydrogen) atoms. The van der Waals surface area contributed by atoms with E-state index in [9.17, 15) is 9.59 Å². The van der Waals surface area contributed by atoms with Crippen molar-refractivity contribution in [3.63, 3.8) is 0 Å². The second-order valence-corrected chi connectivity index (χ2v) is 9.02. The average molecular weight is 507 g/mol. The first-order valence-electron chi connectivity index (χ1n) is 11.1. The van der Waals surface area contributed by atoms with Crippen LogP contribution in [-0.4, -0.2) is 23.8 Å². The van der Waals surface area contributed by atoms with Crippen molar-refractivity contribution in [1.82, 2.24) is 4.90 Å². The van der Waals surface area contributed by atoms with Crippen LogP contribution in [0.4, 0.5) is 5.69 Å². The molecule has 1 heterocycles. The van der Waals surface area contributed by atoms with E-state index in [2.05, 4.69) is 0 Å². The molecule has 0 aliphatic heterocycles. The summed E-state index contributed by atoms with van der Waals surface area (Å²) in [5.74, 6) is 0.462. The van der Waals surface area contributed by atoms with Gasteiger partial charge in [-0.2, -0.15) is 0 Å². The molecule has 7 heteroatoms. The summed E-state index contributed by atoms with van der Waals surface area (Å²) in [4.78, 5) is 29.5. The SMILES string of the molecule is CN(Cc1ccco1)C(=O)Cc1ccc(N(Cc2ccccc2)C(=O)c2ccc(Cl)cc2Cl)cc1. The van der Waals surface area contributed by atoms with Crippen LogP contribution in [0, 0.1) is 0 Å². The van der Waals surface area contributed by atoms with Gasteiger partial charge in [-0.05, 0) is 53.6 Å². The number of amides is 2. The molecule has 0 unspecified atom stereocenters. The molecule has 4 rings (SSSR count). The van der Waals surface area contributed by atoms with Crippen LogP contribution in [0.5, 0.6) is 0 Å². The number of hydrogen-bond acceptors (Lipinski definition) is 3. The number of carbonyl (C=O) groups excluding carboxylic acids is 2. The molecule has 2 amide bonds. The van der Waals surface area contributed by atoms with Crippen LogP contribution in [-0.2, 0) is 24.3 Å². The molecule has 3 aromatic carbocycles. The summed E-state index contributed by atoms with van der Waals surface area (Å²) >= 11 is 12.4. The fourth-order valence-corrected chi connectivity index (χ4v) is 4.17. The zero-order valence-electron chi connectivity index (χ0n) is 19.2. The van der Waals surface area contributed by atoms with Crippen LogP contribution in [0.2, 0.25) is 10.0 Å². The van der Waals surface area contributed by atoms with Crippen LogP contribution in [0.3, 0.4) is 0 Å². The minimum atomic E-state index is -0.238. The molecule has 4 aromatic rings. The van der Waals surface area contributed by atoms with E-state index in [0.29, 0.717) is 34.4 Å². The molecule has 5 nitrogen and oxygen atoms in total. The summed E-state index contributed by atoms with van der Waals surface area (Å²) in [7, 11) is 1.75.